The second-order valence-corrected chi connectivity index (χ2v) is 3.65. The number of fused-ring (bicyclic) bond motifs is 1. The molecule has 0 bridgehead atoms. The summed E-state index contributed by atoms with van der Waals surface area (Å²) in [6.45, 7) is 2.21. The van der Waals surface area contributed by atoms with E-state index in [9.17, 15) is 0 Å². The summed E-state index contributed by atoms with van der Waals surface area (Å²) in [6, 6.07) is 9.02. The summed E-state index contributed by atoms with van der Waals surface area (Å²) in [5.41, 5.74) is 2.49. The van der Waals surface area contributed by atoms with Crippen molar-refractivity contribution in [3.05, 3.63) is 41.5 Å². The maximum atomic E-state index is 7.84. The van der Waals surface area contributed by atoms with E-state index in [2.05, 4.69) is 31.2 Å². The molecule has 1 aliphatic rings. The summed E-state index contributed by atoms with van der Waals surface area (Å²) in [5.74, 6) is 0.499. The Hall–Kier alpha value is -1.04. The lowest BCUT2D eigenvalue weighted by Crippen LogP contribution is -1.92. The standard InChI is InChI=1S/C13H16/c1-2-3-6-11-9-10-12-7-4-5-8-13(11)12/h4-5,7-11H,2-3,6H2,1H3/i10D. The van der Waals surface area contributed by atoms with Crippen molar-refractivity contribution in [3.63, 3.8) is 0 Å². The largest absolute Gasteiger partial charge is 0.0764 e. The first-order valence-corrected chi connectivity index (χ1v) is 5.10. The van der Waals surface area contributed by atoms with Gasteiger partial charge in [-0.25, -0.2) is 0 Å². The molecule has 1 unspecified atom stereocenters. The van der Waals surface area contributed by atoms with Gasteiger partial charge >= 0.3 is 0 Å². The summed E-state index contributed by atoms with van der Waals surface area (Å²) >= 11 is 0. The number of hydrogen-bond acceptors (Lipinski definition) is 0. The van der Waals surface area contributed by atoms with E-state index in [1.165, 1.54) is 24.8 Å². The van der Waals surface area contributed by atoms with E-state index in [0.717, 1.165) is 5.56 Å². The quantitative estimate of drug-likeness (QED) is 0.648. The normalized spacial score (nSPS) is 20.8. The van der Waals surface area contributed by atoms with Gasteiger partial charge < -0.3 is 0 Å². The van der Waals surface area contributed by atoms with Crippen molar-refractivity contribution < 1.29 is 1.37 Å². The molecule has 1 aromatic carbocycles. The van der Waals surface area contributed by atoms with E-state index >= 15 is 0 Å². The molecule has 0 amide bonds. The van der Waals surface area contributed by atoms with Gasteiger partial charge in [0.1, 0.15) is 0 Å². The number of unbranched alkanes of at least 4 members (excludes halogenated alkanes) is 1. The monoisotopic (exact) mass is 173 g/mol. The molecular weight excluding hydrogens is 156 g/mol. The number of rotatable bonds is 3. The van der Waals surface area contributed by atoms with Gasteiger partial charge in [-0.2, -0.15) is 0 Å². The number of benzene rings is 1. The second-order valence-electron chi connectivity index (χ2n) is 3.65. The fourth-order valence-corrected chi connectivity index (χ4v) is 1.89. The van der Waals surface area contributed by atoms with Crippen LogP contribution in [0.5, 0.6) is 0 Å². The Balaban J connectivity index is 2.23. The molecule has 0 nitrogen and oxygen atoms in total. The maximum Gasteiger partial charge on any atom is 0.0626 e. The van der Waals surface area contributed by atoms with Crippen molar-refractivity contribution in [2.75, 3.05) is 0 Å². The molecular formula is C13H16. The molecule has 0 radical (unpaired) electrons. The summed E-state index contributed by atoms with van der Waals surface area (Å²) < 4.78 is 7.84. The van der Waals surface area contributed by atoms with Crippen LogP contribution in [0.4, 0.5) is 0 Å². The SMILES string of the molecule is [2H]C1=CC(CCCC)c2ccccc21. The molecule has 1 aromatic rings. The topological polar surface area (TPSA) is 0 Å². The van der Waals surface area contributed by atoms with E-state index in [1.807, 2.05) is 6.07 Å². The third-order valence-electron chi connectivity index (χ3n) is 2.67. The van der Waals surface area contributed by atoms with E-state index < -0.39 is 0 Å². The molecule has 0 aromatic heterocycles. The highest BCUT2D eigenvalue weighted by Crippen LogP contribution is 2.33. The zero-order chi connectivity index (χ0) is 9.97. The molecule has 0 spiro atoms. The van der Waals surface area contributed by atoms with Crippen LogP contribution < -0.4 is 0 Å². The van der Waals surface area contributed by atoms with Crippen LogP contribution in [-0.2, 0) is 0 Å². The molecule has 68 valence electrons. The molecule has 13 heavy (non-hydrogen) atoms. The second kappa shape index (κ2) is 3.78. The average Bonchev–Trinajstić information content (AvgIpc) is 2.54. The van der Waals surface area contributed by atoms with Crippen molar-refractivity contribution in [2.45, 2.75) is 32.1 Å². The fraction of sp³-hybridized carbons (Fsp3) is 0.385. The highest BCUT2D eigenvalue weighted by atomic mass is 14.2. The lowest BCUT2D eigenvalue weighted by Gasteiger charge is -2.09. The lowest BCUT2D eigenvalue weighted by molar-refractivity contribution is 0.669. The maximum absolute atomic E-state index is 7.84. The summed E-state index contributed by atoms with van der Waals surface area (Å²) in [7, 11) is 0. The third-order valence-corrected chi connectivity index (χ3v) is 2.67. The van der Waals surface area contributed by atoms with Gasteiger partial charge in [0.15, 0.2) is 0 Å². The minimum absolute atomic E-state index is 0.499. The van der Waals surface area contributed by atoms with Crippen LogP contribution in [0, 0.1) is 0 Å². The van der Waals surface area contributed by atoms with E-state index in [-0.39, 0.29) is 0 Å². The van der Waals surface area contributed by atoms with Gasteiger partial charge in [0.25, 0.3) is 0 Å². The van der Waals surface area contributed by atoms with Crippen molar-refractivity contribution in [3.8, 4) is 0 Å². The zero-order valence-electron chi connectivity index (χ0n) is 9.09. The molecule has 2 rings (SSSR count). The van der Waals surface area contributed by atoms with Gasteiger partial charge in [-0.05, 0) is 17.5 Å². The number of hydrogen-bond donors (Lipinski definition) is 0. The Labute approximate surface area is 81.7 Å². The molecule has 0 saturated carbocycles. The highest BCUT2D eigenvalue weighted by Gasteiger charge is 2.14. The van der Waals surface area contributed by atoms with Crippen LogP contribution in [0.3, 0.4) is 0 Å². The molecule has 0 heterocycles. The van der Waals surface area contributed by atoms with Crippen molar-refractivity contribution in [2.24, 2.45) is 0 Å². The molecule has 0 N–H and O–H groups in total. The molecule has 0 heteroatoms. The molecule has 1 aliphatic carbocycles. The number of allylic oxidation sites excluding steroid dienone is 1. The molecule has 0 aliphatic heterocycles. The van der Waals surface area contributed by atoms with Gasteiger partial charge in [0, 0.05) is 5.92 Å². The first-order chi connectivity index (χ1) is 6.83. The van der Waals surface area contributed by atoms with Gasteiger partial charge in [-0.1, -0.05) is 56.2 Å². The Morgan fingerprint density at radius 1 is 1.38 bits per heavy atom. The van der Waals surface area contributed by atoms with Crippen LogP contribution in [0.1, 0.15) is 44.6 Å². The first-order valence-electron chi connectivity index (χ1n) is 5.60. The van der Waals surface area contributed by atoms with Gasteiger partial charge in [-0.3, -0.25) is 0 Å². The van der Waals surface area contributed by atoms with Crippen LogP contribution in [-0.4, -0.2) is 0 Å². The lowest BCUT2D eigenvalue weighted by atomic mass is 9.96. The molecule has 1 atom stereocenters. The fourth-order valence-electron chi connectivity index (χ4n) is 1.89. The Bertz CT molecular complexity index is 352. The minimum Gasteiger partial charge on any atom is -0.0764 e. The summed E-state index contributed by atoms with van der Waals surface area (Å²) in [6.07, 6.45) is 5.78. The smallest absolute Gasteiger partial charge is 0.0626 e. The molecule has 0 fully saturated rings. The summed E-state index contributed by atoms with van der Waals surface area (Å²) in [4.78, 5) is 0. The van der Waals surface area contributed by atoms with Crippen molar-refractivity contribution >= 4 is 6.05 Å². The highest BCUT2D eigenvalue weighted by molar-refractivity contribution is 5.62. The molecule has 0 saturated heterocycles. The predicted octanol–water partition coefficient (Wildman–Crippen LogP) is 3.99. The third kappa shape index (κ3) is 1.67. The minimum atomic E-state index is 0.499. The van der Waals surface area contributed by atoms with Crippen LogP contribution in [0.15, 0.2) is 30.3 Å². The zero-order valence-corrected chi connectivity index (χ0v) is 8.09. The average molecular weight is 173 g/mol. The Morgan fingerprint density at radius 2 is 2.23 bits per heavy atom. The predicted molar refractivity (Wildman–Crippen MR) is 57.7 cm³/mol. The summed E-state index contributed by atoms with van der Waals surface area (Å²) in [5, 5.41) is 0. The van der Waals surface area contributed by atoms with Gasteiger partial charge in [-0.15, -0.1) is 0 Å². The van der Waals surface area contributed by atoms with Crippen LogP contribution in [0.25, 0.3) is 6.05 Å². The van der Waals surface area contributed by atoms with Crippen LogP contribution >= 0.6 is 0 Å². The van der Waals surface area contributed by atoms with Crippen molar-refractivity contribution in [1.82, 2.24) is 0 Å². The Kier molecular flexibility index (Phi) is 2.14. The first kappa shape index (κ1) is 7.37. The van der Waals surface area contributed by atoms with Crippen molar-refractivity contribution in [1.29, 1.82) is 0 Å². The van der Waals surface area contributed by atoms with E-state index in [0.29, 0.717) is 12.0 Å². The van der Waals surface area contributed by atoms with Gasteiger partial charge in [0.05, 0.1) is 1.37 Å². The Morgan fingerprint density at radius 3 is 3.08 bits per heavy atom. The van der Waals surface area contributed by atoms with Crippen LogP contribution in [0.2, 0.25) is 0 Å². The van der Waals surface area contributed by atoms with E-state index in [1.54, 1.807) is 0 Å². The van der Waals surface area contributed by atoms with Gasteiger partial charge in [0.2, 0.25) is 0 Å². The van der Waals surface area contributed by atoms with E-state index in [4.69, 9.17) is 1.37 Å².